The third-order valence-electron chi connectivity index (χ3n) is 3.56. The maximum atomic E-state index is 12.2. The zero-order valence-electron chi connectivity index (χ0n) is 13.0. The van der Waals surface area contributed by atoms with E-state index >= 15 is 0 Å². The number of fused-ring (bicyclic) bond motifs is 1. The Balaban J connectivity index is 1.73. The second kappa shape index (κ2) is 6.04. The highest BCUT2D eigenvalue weighted by Gasteiger charge is 2.09. The molecule has 5 heteroatoms. The van der Waals surface area contributed by atoms with Gasteiger partial charge in [0.05, 0.1) is 12.1 Å². The van der Waals surface area contributed by atoms with E-state index in [-0.39, 0.29) is 18.1 Å². The molecule has 0 unspecified atom stereocenters. The van der Waals surface area contributed by atoms with Crippen LogP contribution >= 0.6 is 0 Å². The first kappa shape index (κ1) is 15.0. The van der Waals surface area contributed by atoms with Crippen LogP contribution in [0.2, 0.25) is 0 Å². The summed E-state index contributed by atoms with van der Waals surface area (Å²) in [7, 11) is 0. The van der Waals surface area contributed by atoms with Gasteiger partial charge in [-0.1, -0.05) is 12.1 Å². The van der Waals surface area contributed by atoms with E-state index in [1.807, 2.05) is 35.9 Å². The summed E-state index contributed by atoms with van der Waals surface area (Å²) in [6.45, 7) is 3.50. The van der Waals surface area contributed by atoms with Crippen LogP contribution < -0.4 is 5.32 Å². The predicted molar refractivity (Wildman–Crippen MR) is 88.7 cm³/mol. The number of aryl methyl sites for hydroxylation is 1. The van der Waals surface area contributed by atoms with E-state index in [1.54, 1.807) is 24.3 Å². The average molecular weight is 307 g/mol. The Morgan fingerprint density at radius 3 is 2.83 bits per heavy atom. The standard InChI is InChI=1S/C18H17N3O2/c1-12-6-7-21-11-16(19-17(21)8-12)10-18(23)20-15-5-3-4-14(9-15)13(2)22/h3-9,11H,10H2,1-2H3,(H,20,23). The van der Waals surface area contributed by atoms with Crippen LogP contribution in [-0.4, -0.2) is 21.1 Å². The molecule has 0 saturated carbocycles. The number of amides is 1. The van der Waals surface area contributed by atoms with Gasteiger partial charge in [0, 0.05) is 23.6 Å². The van der Waals surface area contributed by atoms with E-state index in [2.05, 4.69) is 10.3 Å². The third kappa shape index (κ3) is 3.45. The summed E-state index contributed by atoms with van der Waals surface area (Å²) in [6.07, 6.45) is 3.96. The van der Waals surface area contributed by atoms with Crippen molar-refractivity contribution in [3.05, 3.63) is 65.6 Å². The number of carbonyl (C=O) groups excluding carboxylic acids is 2. The molecular weight excluding hydrogens is 290 g/mol. The first-order valence-electron chi connectivity index (χ1n) is 7.36. The molecule has 5 nitrogen and oxygen atoms in total. The van der Waals surface area contributed by atoms with Gasteiger partial charge in [-0.2, -0.15) is 0 Å². The molecule has 0 atom stereocenters. The summed E-state index contributed by atoms with van der Waals surface area (Å²) in [5.41, 5.74) is 3.84. The molecule has 1 amide bonds. The molecule has 0 aliphatic heterocycles. The van der Waals surface area contributed by atoms with Gasteiger partial charge in [0.25, 0.3) is 0 Å². The van der Waals surface area contributed by atoms with Crippen LogP contribution in [-0.2, 0) is 11.2 Å². The topological polar surface area (TPSA) is 63.5 Å². The number of Topliss-reactive ketones (excluding diaryl/α,β-unsaturated/α-hetero) is 1. The lowest BCUT2D eigenvalue weighted by Crippen LogP contribution is -2.14. The number of hydrogen-bond donors (Lipinski definition) is 1. The van der Waals surface area contributed by atoms with Crippen LogP contribution in [0, 0.1) is 6.92 Å². The van der Waals surface area contributed by atoms with Crippen molar-refractivity contribution in [3.63, 3.8) is 0 Å². The number of pyridine rings is 1. The fraction of sp³-hybridized carbons (Fsp3) is 0.167. The van der Waals surface area contributed by atoms with Crippen molar-refractivity contribution in [2.75, 3.05) is 5.32 Å². The Labute approximate surface area is 134 Å². The van der Waals surface area contributed by atoms with Gasteiger partial charge >= 0.3 is 0 Å². The largest absolute Gasteiger partial charge is 0.326 e. The molecule has 2 aromatic heterocycles. The van der Waals surface area contributed by atoms with Gasteiger partial charge in [0.2, 0.25) is 5.91 Å². The molecule has 3 aromatic rings. The minimum absolute atomic E-state index is 0.0307. The summed E-state index contributed by atoms with van der Waals surface area (Å²) in [4.78, 5) is 28.0. The zero-order valence-corrected chi connectivity index (χ0v) is 13.0. The smallest absolute Gasteiger partial charge is 0.230 e. The fourth-order valence-corrected chi connectivity index (χ4v) is 2.41. The van der Waals surface area contributed by atoms with Gasteiger partial charge in [-0.15, -0.1) is 0 Å². The van der Waals surface area contributed by atoms with Crippen LogP contribution in [0.1, 0.15) is 28.5 Å². The minimum Gasteiger partial charge on any atom is -0.326 e. The van der Waals surface area contributed by atoms with Crippen LogP contribution in [0.4, 0.5) is 5.69 Å². The van der Waals surface area contributed by atoms with Gasteiger partial charge in [0.1, 0.15) is 5.65 Å². The van der Waals surface area contributed by atoms with Gasteiger partial charge < -0.3 is 9.72 Å². The molecule has 0 bridgehead atoms. The van der Waals surface area contributed by atoms with Gasteiger partial charge in [-0.3, -0.25) is 9.59 Å². The molecular formula is C18H17N3O2. The second-order valence-corrected chi connectivity index (χ2v) is 5.56. The normalized spacial score (nSPS) is 10.7. The van der Waals surface area contributed by atoms with Crippen LogP contribution in [0.5, 0.6) is 0 Å². The number of ketones is 1. The van der Waals surface area contributed by atoms with Crippen LogP contribution in [0.25, 0.3) is 5.65 Å². The van der Waals surface area contributed by atoms with Crippen LogP contribution in [0.3, 0.4) is 0 Å². The Bertz CT molecular complexity index is 896. The molecule has 0 aliphatic rings. The predicted octanol–water partition coefficient (Wildman–Crippen LogP) is 3.03. The number of imidazole rings is 1. The third-order valence-corrected chi connectivity index (χ3v) is 3.56. The Morgan fingerprint density at radius 2 is 2.04 bits per heavy atom. The Kier molecular flexibility index (Phi) is 3.93. The first-order valence-corrected chi connectivity index (χ1v) is 7.36. The van der Waals surface area contributed by atoms with Crippen molar-refractivity contribution in [2.45, 2.75) is 20.3 Å². The number of carbonyl (C=O) groups is 2. The van der Waals surface area contributed by atoms with Gasteiger partial charge in [-0.25, -0.2) is 4.98 Å². The van der Waals surface area contributed by atoms with Crippen molar-refractivity contribution in [3.8, 4) is 0 Å². The average Bonchev–Trinajstić information content (AvgIpc) is 2.88. The monoisotopic (exact) mass is 307 g/mol. The molecule has 0 aliphatic carbocycles. The van der Waals surface area contributed by atoms with Crippen molar-refractivity contribution in [2.24, 2.45) is 0 Å². The van der Waals surface area contributed by atoms with E-state index in [1.165, 1.54) is 6.92 Å². The van der Waals surface area contributed by atoms with Crippen molar-refractivity contribution in [1.82, 2.24) is 9.38 Å². The lowest BCUT2D eigenvalue weighted by Gasteiger charge is -2.05. The number of hydrogen-bond acceptors (Lipinski definition) is 3. The fourth-order valence-electron chi connectivity index (χ4n) is 2.41. The van der Waals surface area contributed by atoms with Gasteiger partial charge in [-0.05, 0) is 43.7 Å². The molecule has 0 saturated heterocycles. The molecule has 1 N–H and O–H groups in total. The number of nitrogens with zero attached hydrogens (tertiary/aromatic N) is 2. The van der Waals surface area contributed by atoms with E-state index < -0.39 is 0 Å². The first-order chi connectivity index (χ1) is 11.0. The Morgan fingerprint density at radius 1 is 1.22 bits per heavy atom. The quantitative estimate of drug-likeness (QED) is 0.754. The molecule has 116 valence electrons. The maximum absolute atomic E-state index is 12.2. The summed E-state index contributed by atoms with van der Waals surface area (Å²) in [6, 6.07) is 10.9. The molecule has 3 rings (SSSR count). The summed E-state index contributed by atoms with van der Waals surface area (Å²) < 4.78 is 1.89. The highest BCUT2D eigenvalue weighted by Crippen LogP contribution is 2.13. The number of rotatable bonds is 4. The SMILES string of the molecule is CC(=O)c1cccc(NC(=O)Cc2cn3ccc(C)cc3n2)c1. The highest BCUT2D eigenvalue weighted by atomic mass is 16.1. The van der Waals surface area contributed by atoms with E-state index in [4.69, 9.17) is 0 Å². The van der Waals surface area contributed by atoms with Gasteiger partial charge in [0.15, 0.2) is 5.78 Å². The van der Waals surface area contributed by atoms with E-state index in [9.17, 15) is 9.59 Å². The molecule has 23 heavy (non-hydrogen) atoms. The minimum atomic E-state index is -0.161. The van der Waals surface area contributed by atoms with Crippen LogP contribution in [0.15, 0.2) is 48.8 Å². The van der Waals surface area contributed by atoms with E-state index in [0.717, 1.165) is 11.2 Å². The van der Waals surface area contributed by atoms with Crippen molar-refractivity contribution < 1.29 is 9.59 Å². The van der Waals surface area contributed by atoms with E-state index in [0.29, 0.717) is 16.9 Å². The molecule has 0 fully saturated rings. The lowest BCUT2D eigenvalue weighted by molar-refractivity contribution is -0.115. The molecule has 0 spiro atoms. The zero-order chi connectivity index (χ0) is 16.4. The molecule has 0 radical (unpaired) electrons. The number of benzene rings is 1. The number of anilines is 1. The molecule has 2 heterocycles. The number of nitrogens with one attached hydrogen (secondary N) is 1. The second-order valence-electron chi connectivity index (χ2n) is 5.56. The Hall–Kier alpha value is -2.95. The molecule has 1 aromatic carbocycles. The lowest BCUT2D eigenvalue weighted by atomic mass is 10.1. The highest BCUT2D eigenvalue weighted by molar-refractivity contribution is 5.97. The van der Waals surface area contributed by atoms with Crippen molar-refractivity contribution in [1.29, 1.82) is 0 Å². The maximum Gasteiger partial charge on any atom is 0.230 e. The summed E-state index contributed by atoms with van der Waals surface area (Å²) in [5.74, 6) is -0.192. The summed E-state index contributed by atoms with van der Waals surface area (Å²) >= 11 is 0. The van der Waals surface area contributed by atoms with Crippen molar-refractivity contribution >= 4 is 23.0 Å². The number of aromatic nitrogens is 2. The summed E-state index contributed by atoms with van der Waals surface area (Å²) in [5, 5.41) is 2.80.